The van der Waals surface area contributed by atoms with E-state index in [1.165, 1.54) is 0 Å². The minimum atomic E-state index is 0.559. The first-order valence-corrected chi connectivity index (χ1v) is 6.41. The van der Waals surface area contributed by atoms with Crippen LogP contribution >= 0.6 is 0 Å². The number of anilines is 1. The molecule has 0 atom stereocenters. The molecule has 0 spiro atoms. The van der Waals surface area contributed by atoms with Crippen LogP contribution < -0.4 is 5.32 Å². The van der Waals surface area contributed by atoms with E-state index in [1.54, 1.807) is 13.2 Å². The number of aromatic nitrogens is 1. The van der Waals surface area contributed by atoms with Gasteiger partial charge in [-0.25, -0.2) is 4.98 Å². The van der Waals surface area contributed by atoms with E-state index < -0.39 is 0 Å². The maximum atomic E-state index is 9.07. The molecule has 20 heavy (non-hydrogen) atoms. The lowest BCUT2D eigenvalue weighted by Gasteiger charge is -2.09. The molecule has 0 aliphatic carbocycles. The second-order valence-corrected chi connectivity index (χ2v) is 4.57. The van der Waals surface area contributed by atoms with E-state index in [4.69, 9.17) is 10.00 Å². The van der Waals surface area contributed by atoms with Crippen molar-refractivity contribution in [2.45, 2.75) is 20.1 Å². The summed E-state index contributed by atoms with van der Waals surface area (Å²) in [6.07, 6.45) is 0. The highest BCUT2D eigenvalue weighted by Gasteiger charge is 2.04. The Morgan fingerprint density at radius 1 is 1.25 bits per heavy atom. The first-order chi connectivity index (χ1) is 9.72. The normalized spacial score (nSPS) is 10.1. The molecule has 0 bridgehead atoms. The van der Waals surface area contributed by atoms with Gasteiger partial charge in [0.25, 0.3) is 0 Å². The van der Waals surface area contributed by atoms with Gasteiger partial charge in [-0.2, -0.15) is 5.26 Å². The summed E-state index contributed by atoms with van der Waals surface area (Å²) >= 11 is 0. The lowest BCUT2D eigenvalue weighted by Crippen LogP contribution is -2.04. The van der Waals surface area contributed by atoms with E-state index in [0.717, 1.165) is 16.8 Å². The number of methoxy groups -OCH3 is 1. The van der Waals surface area contributed by atoms with Gasteiger partial charge in [0.2, 0.25) is 0 Å². The summed E-state index contributed by atoms with van der Waals surface area (Å²) in [4.78, 5) is 4.36. The van der Waals surface area contributed by atoms with Gasteiger partial charge in [-0.05, 0) is 30.2 Å². The molecular formula is C16H17N3O. The quantitative estimate of drug-likeness (QED) is 0.904. The predicted octanol–water partition coefficient (Wildman–Crippen LogP) is 3.02. The zero-order valence-corrected chi connectivity index (χ0v) is 11.7. The van der Waals surface area contributed by atoms with Gasteiger partial charge < -0.3 is 10.1 Å². The van der Waals surface area contributed by atoms with E-state index >= 15 is 0 Å². The average Bonchev–Trinajstić information content (AvgIpc) is 2.46. The molecule has 102 valence electrons. The third-order valence-corrected chi connectivity index (χ3v) is 2.92. The van der Waals surface area contributed by atoms with E-state index in [0.29, 0.717) is 24.5 Å². The lowest BCUT2D eigenvalue weighted by molar-refractivity contribution is 0.185. The molecule has 0 amide bonds. The molecule has 2 rings (SSSR count). The van der Waals surface area contributed by atoms with E-state index in [2.05, 4.69) is 22.4 Å². The number of pyridine rings is 1. The summed E-state index contributed by atoms with van der Waals surface area (Å²) < 4.78 is 5.12. The van der Waals surface area contributed by atoms with Crippen LogP contribution in [0.25, 0.3) is 0 Å². The topological polar surface area (TPSA) is 57.9 Å². The standard InChI is InChI=1S/C16H17N3O/c1-12-6-7-15(9-17)16(19-12)18-10-13-4-3-5-14(8-13)11-20-2/h3-8H,10-11H2,1-2H3,(H,18,19). The highest BCUT2D eigenvalue weighted by molar-refractivity contribution is 5.52. The average molecular weight is 267 g/mol. The maximum Gasteiger partial charge on any atom is 0.144 e. The highest BCUT2D eigenvalue weighted by atomic mass is 16.5. The molecule has 0 saturated carbocycles. The van der Waals surface area contributed by atoms with Crippen LogP contribution in [-0.4, -0.2) is 12.1 Å². The van der Waals surface area contributed by atoms with Crippen molar-refractivity contribution in [2.24, 2.45) is 0 Å². The number of nitrogens with zero attached hydrogens (tertiary/aromatic N) is 2. The third-order valence-electron chi connectivity index (χ3n) is 2.92. The summed E-state index contributed by atoms with van der Waals surface area (Å²) in [6, 6.07) is 13.9. The van der Waals surface area contributed by atoms with Crippen LogP contribution in [0.2, 0.25) is 0 Å². The first kappa shape index (κ1) is 14.0. The summed E-state index contributed by atoms with van der Waals surface area (Å²) in [5.74, 6) is 0.629. The van der Waals surface area contributed by atoms with E-state index in [9.17, 15) is 0 Å². The van der Waals surface area contributed by atoms with Crippen molar-refractivity contribution in [2.75, 3.05) is 12.4 Å². The predicted molar refractivity (Wildman–Crippen MR) is 78.2 cm³/mol. The molecule has 1 aromatic heterocycles. The molecule has 0 fully saturated rings. The molecule has 1 aromatic carbocycles. The number of nitriles is 1. The molecule has 1 N–H and O–H groups in total. The van der Waals surface area contributed by atoms with Crippen molar-refractivity contribution in [3.63, 3.8) is 0 Å². The summed E-state index contributed by atoms with van der Waals surface area (Å²) in [6.45, 7) is 3.13. The number of benzene rings is 1. The number of hydrogen-bond acceptors (Lipinski definition) is 4. The number of nitrogens with one attached hydrogen (secondary N) is 1. The Balaban J connectivity index is 2.11. The lowest BCUT2D eigenvalue weighted by atomic mass is 10.1. The Morgan fingerprint density at radius 2 is 2.05 bits per heavy atom. The molecule has 4 heteroatoms. The van der Waals surface area contributed by atoms with Crippen LogP contribution in [-0.2, 0) is 17.9 Å². The van der Waals surface area contributed by atoms with Gasteiger partial charge in [0, 0.05) is 19.3 Å². The SMILES string of the molecule is COCc1cccc(CNc2nc(C)ccc2C#N)c1. The molecule has 1 heterocycles. The Kier molecular flexibility index (Phi) is 4.70. The molecule has 4 nitrogen and oxygen atoms in total. The Hall–Kier alpha value is -2.38. The molecule has 0 aliphatic heterocycles. The Bertz CT molecular complexity index is 632. The van der Waals surface area contributed by atoms with Crippen LogP contribution in [0.5, 0.6) is 0 Å². The van der Waals surface area contributed by atoms with Gasteiger partial charge in [-0.3, -0.25) is 0 Å². The molecule has 0 radical (unpaired) electrons. The van der Waals surface area contributed by atoms with E-state index in [1.807, 2.05) is 31.2 Å². The van der Waals surface area contributed by atoms with Gasteiger partial charge in [0.1, 0.15) is 11.9 Å². The van der Waals surface area contributed by atoms with Crippen molar-refractivity contribution >= 4 is 5.82 Å². The molecule has 0 aliphatic rings. The van der Waals surface area contributed by atoms with Crippen molar-refractivity contribution in [3.05, 3.63) is 58.8 Å². The molecule has 0 unspecified atom stereocenters. The van der Waals surface area contributed by atoms with Gasteiger partial charge in [0.05, 0.1) is 12.2 Å². The Labute approximate surface area is 119 Å². The number of ether oxygens (including phenoxy) is 1. The zero-order valence-electron chi connectivity index (χ0n) is 11.7. The van der Waals surface area contributed by atoms with Crippen LogP contribution in [0.15, 0.2) is 36.4 Å². The molecule has 2 aromatic rings. The zero-order chi connectivity index (χ0) is 14.4. The summed E-state index contributed by atoms with van der Waals surface area (Å²) in [7, 11) is 1.68. The van der Waals surface area contributed by atoms with Gasteiger partial charge >= 0.3 is 0 Å². The number of aryl methyl sites for hydroxylation is 1. The fourth-order valence-electron chi connectivity index (χ4n) is 1.96. The first-order valence-electron chi connectivity index (χ1n) is 6.41. The number of hydrogen-bond donors (Lipinski definition) is 1. The largest absolute Gasteiger partial charge is 0.380 e. The second-order valence-electron chi connectivity index (χ2n) is 4.57. The maximum absolute atomic E-state index is 9.07. The van der Waals surface area contributed by atoms with Crippen LogP contribution in [0.4, 0.5) is 5.82 Å². The van der Waals surface area contributed by atoms with Crippen molar-refractivity contribution < 1.29 is 4.74 Å². The molecular weight excluding hydrogens is 250 g/mol. The van der Waals surface area contributed by atoms with E-state index in [-0.39, 0.29) is 0 Å². The van der Waals surface area contributed by atoms with Crippen molar-refractivity contribution in [1.29, 1.82) is 5.26 Å². The second kappa shape index (κ2) is 6.69. The smallest absolute Gasteiger partial charge is 0.144 e. The minimum Gasteiger partial charge on any atom is -0.380 e. The fourth-order valence-corrected chi connectivity index (χ4v) is 1.96. The van der Waals surface area contributed by atoms with Crippen molar-refractivity contribution in [1.82, 2.24) is 4.98 Å². The minimum absolute atomic E-state index is 0.559. The van der Waals surface area contributed by atoms with Gasteiger partial charge in [0.15, 0.2) is 0 Å². The summed E-state index contributed by atoms with van der Waals surface area (Å²) in [5, 5.41) is 12.3. The van der Waals surface area contributed by atoms with Crippen LogP contribution in [0.1, 0.15) is 22.4 Å². The fraction of sp³-hybridized carbons (Fsp3) is 0.250. The summed E-state index contributed by atoms with van der Waals surface area (Å²) in [5.41, 5.74) is 3.71. The highest BCUT2D eigenvalue weighted by Crippen LogP contribution is 2.14. The third kappa shape index (κ3) is 3.56. The van der Waals surface area contributed by atoms with Crippen LogP contribution in [0.3, 0.4) is 0 Å². The monoisotopic (exact) mass is 267 g/mol. The van der Waals surface area contributed by atoms with Crippen molar-refractivity contribution in [3.8, 4) is 6.07 Å². The Morgan fingerprint density at radius 3 is 2.80 bits per heavy atom. The van der Waals surface area contributed by atoms with Gasteiger partial charge in [-0.1, -0.05) is 24.3 Å². The van der Waals surface area contributed by atoms with Crippen LogP contribution in [0, 0.1) is 18.3 Å². The molecule has 0 saturated heterocycles. The number of rotatable bonds is 5. The van der Waals surface area contributed by atoms with Gasteiger partial charge in [-0.15, -0.1) is 0 Å².